The summed E-state index contributed by atoms with van der Waals surface area (Å²) in [5.41, 5.74) is 5.87. The molecule has 0 radical (unpaired) electrons. The van der Waals surface area contributed by atoms with Crippen LogP contribution in [0.25, 0.3) is 10.9 Å². The van der Waals surface area contributed by atoms with Gasteiger partial charge in [-0.1, -0.05) is 50.2 Å². The molecule has 1 aliphatic rings. The summed E-state index contributed by atoms with van der Waals surface area (Å²) in [5, 5.41) is 1.03. The lowest BCUT2D eigenvalue weighted by Gasteiger charge is -2.31. The monoisotopic (exact) mass is 275 g/mol. The highest BCUT2D eigenvalue weighted by Crippen LogP contribution is 2.43. The second-order valence-corrected chi connectivity index (χ2v) is 6.42. The second-order valence-electron chi connectivity index (χ2n) is 6.42. The Morgan fingerprint density at radius 1 is 1.05 bits per heavy atom. The fourth-order valence-corrected chi connectivity index (χ4v) is 3.51. The Morgan fingerprint density at radius 2 is 1.81 bits per heavy atom. The first-order valence-corrected chi connectivity index (χ1v) is 7.27. The Kier molecular flexibility index (Phi) is 2.27. The Morgan fingerprint density at radius 3 is 2.62 bits per heavy atom. The lowest BCUT2D eigenvalue weighted by atomic mass is 9.71. The highest BCUT2D eigenvalue weighted by molar-refractivity contribution is 6.20. The number of hydrogen-bond donors (Lipinski definition) is 1. The van der Waals surface area contributed by atoms with E-state index in [9.17, 15) is 4.79 Å². The molecule has 0 atom stereocenters. The topological polar surface area (TPSA) is 32.9 Å². The molecule has 0 amide bonds. The zero-order chi connectivity index (χ0) is 14.8. The summed E-state index contributed by atoms with van der Waals surface area (Å²) in [7, 11) is 0. The van der Waals surface area contributed by atoms with E-state index in [0.29, 0.717) is 0 Å². The van der Waals surface area contributed by atoms with E-state index < -0.39 is 0 Å². The standard InChI is InChI=1S/C19H17NO/c1-11-8-9-13-15(10-11)20-18-16(13)17(21)12-6-4-5-7-14(12)19(18,2)3/h4-10,20H,1-3H3. The third-order valence-corrected chi connectivity index (χ3v) is 4.65. The van der Waals surface area contributed by atoms with Gasteiger partial charge in [-0.2, -0.15) is 0 Å². The maximum atomic E-state index is 12.9. The molecule has 0 bridgehead atoms. The van der Waals surface area contributed by atoms with Crippen molar-refractivity contribution in [3.05, 3.63) is 70.4 Å². The van der Waals surface area contributed by atoms with Gasteiger partial charge in [0, 0.05) is 27.6 Å². The van der Waals surface area contributed by atoms with Crippen LogP contribution in [0.1, 0.15) is 46.6 Å². The molecule has 0 fully saturated rings. The number of fused-ring (bicyclic) bond motifs is 4. The molecule has 2 heteroatoms. The SMILES string of the molecule is Cc1ccc2c3c([nH]c2c1)C(C)(C)c1ccccc1C3=O. The van der Waals surface area contributed by atoms with Crippen LogP contribution in [0.4, 0.5) is 0 Å². The molecule has 3 aromatic rings. The number of carbonyl (C=O) groups is 1. The van der Waals surface area contributed by atoms with Crippen molar-refractivity contribution < 1.29 is 4.79 Å². The van der Waals surface area contributed by atoms with Crippen LogP contribution < -0.4 is 0 Å². The summed E-state index contributed by atoms with van der Waals surface area (Å²) in [6.07, 6.45) is 0. The molecule has 0 aliphatic heterocycles. The fraction of sp³-hybridized carbons (Fsp3) is 0.211. The second kappa shape index (κ2) is 3.85. The van der Waals surface area contributed by atoms with Crippen LogP contribution in [0.3, 0.4) is 0 Å². The zero-order valence-electron chi connectivity index (χ0n) is 12.4. The average Bonchev–Trinajstić information content (AvgIpc) is 2.85. The Hall–Kier alpha value is -2.35. The quantitative estimate of drug-likeness (QED) is 0.650. The third kappa shape index (κ3) is 1.50. The van der Waals surface area contributed by atoms with E-state index in [0.717, 1.165) is 33.3 Å². The normalized spacial score (nSPS) is 15.9. The van der Waals surface area contributed by atoms with E-state index in [1.54, 1.807) is 0 Å². The molecule has 1 aliphatic carbocycles. The van der Waals surface area contributed by atoms with Crippen LogP contribution >= 0.6 is 0 Å². The number of ketones is 1. The van der Waals surface area contributed by atoms with E-state index in [4.69, 9.17) is 0 Å². The van der Waals surface area contributed by atoms with Crippen molar-refractivity contribution in [3.8, 4) is 0 Å². The molecule has 4 rings (SSSR count). The number of aryl methyl sites for hydroxylation is 1. The van der Waals surface area contributed by atoms with E-state index in [-0.39, 0.29) is 11.2 Å². The van der Waals surface area contributed by atoms with E-state index in [2.05, 4.69) is 50.0 Å². The summed E-state index contributed by atoms with van der Waals surface area (Å²) < 4.78 is 0. The van der Waals surface area contributed by atoms with Crippen LogP contribution in [-0.2, 0) is 5.41 Å². The minimum atomic E-state index is -0.188. The van der Waals surface area contributed by atoms with E-state index >= 15 is 0 Å². The number of benzene rings is 2. The van der Waals surface area contributed by atoms with Crippen molar-refractivity contribution in [2.45, 2.75) is 26.2 Å². The van der Waals surface area contributed by atoms with E-state index in [1.165, 1.54) is 5.56 Å². The Bertz CT molecular complexity index is 899. The molecular weight excluding hydrogens is 258 g/mol. The predicted octanol–water partition coefficient (Wildman–Crippen LogP) is 4.35. The Labute approximate surface area is 123 Å². The van der Waals surface area contributed by atoms with Crippen molar-refractivity contribution in [2.75, 3.05) is 0 Å². The highest BCUT2D eigenvalue weighted by atomic mass is 16.1. The van der Waals surface area contributed by atoms with Gasteiger partial charge >= 0.3 is 0 Å². The minimum absolute atomic E-state index is 0.134. The van der Waals surface area contributed by atoms with Crippen LogP contribution in [0.2, 0.25) is 0 Å². The maximum Gasteiger partial charge on any atom is 0.195 e. The molecule has 0 unspecified atom stereocenters. The molecule has 0 saturated carbocycles. The average molecular weight is 275 g/mol. The molecule has 0 spiro atoms. The summed E-state index contributed by atoms with van der Waals surface area (Å²) in [4.78, 5) is 16.4. The first-order valence-electron chi connectivity index (χ1n) is 7.27. The van der Waals surface area contributed by atoms with Gasteiger partial charge in [0.1, 0.15) is 0 Å². The van der Waals surface area contributed by atoms with E-state index in [1.807, 2.05) is 18.2 Å². The number of rotatable bonds is 0. The maximum absolute atomic E-state index is 12.9. The van der Waals surface area contributed by atoms with Gasteiger partial charge in [0.15, 0.2) is 5.78 Å². The van der Waals surface area contributed by atoms with Gasteiger partial charge in [-0.25, -0.2) is 0 Å². The summed E-state index contributed by atoms with van der Waals surface area (Å²) in [6.45, 7) is 6.43. The third-order valence-electron chi connectivity index (χ3n) is 4.65. The molecule has 2 nitrogen and oxygen atoms in total. The molecule has 104 valence electrons. The van der Waals surface area contributed by atoms with Gasteiger partial charge in [0.25, 0.3) is 0 Å². The van der Waals surface area contributed by atoms with Crippen LogP contribution in [0.5, 0.6) is 0 Å². The van der Waals surface area contributed by atoms with Crippen molar-refractivity contribution >= 4 is 16.7 Å². The number of H-pyrrole nitrogens is 1. The molecular formula is C19H17NO. The van der Waals surface area contributed by atoms with Gasteiger partial charge in [-0.3, -0.25) is 4.79 Å². The molecule has 1 N–H and O–H groups in total. The van der Waals surface area contributed by atoms with Gasteiger partial charge in [0.05, 0.1) is 5.56 Å². The molecule has 1 heterocycles. The van der Waals surface area contributed by atoms with Crippen LogP contribution in [0.15, 0.2) is 42.5 Å². The molecule has 21 heavy (non-hydrogen) atoms. The number of aromatic nitrogens is 1. The van der Waals surface area contributed by atoms with Gasteiger partial charge in [0.2, 0.25) is 0 Å². The smallest absolute Gasteiger partial charge is 0.195 e. The number of aromatic amines is 1. The molecule has 2 aromatic carbocycles. The van der Waals surface area contributed by atoms with Crippen LogP contribution in [-0.4, -0.2) is 10.8 Å². The van der Waals surface area contributed by atoms with Gasteiger partial charge < -0.3 is 4.98 Å². The summed E-state index contributed by atoms with van der Waals surface area (Å²) in [5.74, 6) is 0.134. The number of hydrogen-bond acceptors (Lipinski definition) is 1. The molecule has 1 aromatic heterocycles. The van der Waals surface area contributed by atoms with Crippen molar-refractivity contribution in [1.29, 1.82) is 0 Å². The zero-order valence-corrected chi connectivity index (χ0v) is 12.4. The van der Waals surface area contributed by atoms with Crippen molar-refractivity contribution in [3.63, 3.8) is 0 Å². The minimum Gasteiger partial charge on any atom is -0.357 e. The van der Waals surface area contributed by atoms with Crippen molar-refractivity contribution in [1.82, 2.24) is 4.98 Å². The fourth-order valence-electron chi connectivity index (χ4n) is 3.51. The number of nitrogens with one attached hydrogen (secondary N) is 1. The summed E-state index contributed by atoms with van der Waals surface area (Å²) in [6, 6.07) is 14.2. The first kappa shape index (κ1) is 12.4. The van der Waals surface area contributed by atoms with Crippen LogP contribution in [0, 0.1) is 6.92 Å². The number of carbonyl (C=O) groups excluding carboxylic acids is 1. The van der Waals surface area contributed by atoms with Gasteiger partial charge in [-0.05, 0) is 24.1 Å². The largest absolute Gasteiger partial charge is 0.357 e. The Balaban J connectivity index is 2.14. The highest BCUT2D eigenvalue weighted by Gasteiger charge is 2.39. The molecule has 0 saturated heterocycles. The lowest BCUT2D eigenvalue weighted by Crippen LogP contribution is -2.30. The predicted molar refractivity (Wildman–Crippen MR) is 85.0 cm³/mol. The lowest BCUT2D eigenvalue weighted by molar-refractivity contribution is 0.103. The summed E-state index contributed by atoms with van der Waals surface area (Å²) >= 11 is 0. The van der Waals surface area contributed by atoms with Crippen molar-refractivity contribution in [2.24, 2.45) is 0 Å². The van der Waals surface area contributed by atoms with Gasteiger partial charge in [-0.15, -0.1) is 0 Å². The first-order chi connectivity index (χ1) is 10.00.